The number of hydrogen-bond acceptors (Lipinski definition) is 2. The van der Waals surface area contributed by atoms with Gasteiger partial charge in [-0.25, -0.2) is 0 Å². The molecule has 6 heteroatoms. The minimum Gasteiger partial charge on any atom is -0.493 e. The highest BCUT2D eigenvalue weighted by atomic mass is 32.1. The van der Waals surface area contributed by atoms with Gasteiger partial charge >= 0.3 is 6.18 Å². The number of hydrogen-bond donors (Lipinski definition) is 1. The maximum atomic E-state index is 12.5. The molecule has 0 spiro atoms. The van der Waals surface area contributed by atoms with E-state index in [1.165, 1.54) is 12.1 Å². The second kappa shape index (κ2) is 5.00. The third-order valence-corrected chi connectivity index (χ3v) is 3.36. The molecule has 2 N–H and O–H groups in total. The van der Waals surface area contributed by atoms with Crippen molar-refractivity contribution in [3.63, 3.8) is 0 Å². The van der Waals surface area contributed by atoms with Gasteiger partial charge in [0.05, 0.1) is 17.2 Å². The minimum absolute atomic E-state index is 0.0694. The van der Waals surface area contributed by atoms with Gasteiger partial charge in [0.15, 0.2) is 0 Å². The highest BCUT2D eigenvalue weighted by Crippen LogP contribution is 2.49. The van der Waals surface area contributed by atoms with E-state index < -0.39 is 11.7 Å². The quantitative estimate of drug-likeness (QED) is 0.842. The zero-order valence-corrected chi connectivity index (χ0v) is 11.0. The first-order valence-corrected chi connectivity index (χ1v) is 6.30. The van der Waals surface area contributed by atoms with E-state index in [9.17, 15) is 13.2 Å². The van der Waals surface area contributed by atoms with Crippen molar-refractivity contribution in [2.24, 2.45) is 11.1 Å². The number of rotatable bonds is 5. The largest absolute Gasteiger partial charge is 0.493 e. The van der Waals surface area contributed by atoms with Crippen LogP contribution in [0.4, 0.5) is 13.2 Å². The van der Waals surface area contributed by atoms with E-state index in [2.05, 4.69) is 0 Å². The Hall–Kier alpha value is -1.30. The molecule has 0 aromatic heterocycles. The van der Waals surface area contributed by atoms with E-state index in [1.54, 1.807) is 0 Å². The first kappa shape index (κ1) is 14.1. The highest BCUT2D eigenvalue weighted by Gasteiger charge is 2.44. The van der Waals surface area contributed by atoms with Gasteiger partial charge < -0.3 is 10.5 Å². The summed E-state index contributed by atoms with van der Waals surface area (Å²) < 4.78 is 43.1. The summed E-state index contributed by atoms with van der Waals surface area (Å²) in [5, 5.41) is 0. The minimum atomic E-state index is -4.35. The first-order chi connectivity index (χ1) is 8.81. The Morgan fingerprint density at radius 3 is 2.58 bits per heavy atom. The van der Waals surface area contributed by atoms with E-state index in [4.69, 9.17) is 22.7 Å². The molecule has 0 aliphatic heterocycles. The number of nitrogens with two attached hydrogens (primary N) is 1. The average Bonchev–Trinajstić information content (AvgIpc) is 3.05. The van der Waals surface area contributed by atoms with Gasteiger partial charge in [-0.15, -0.1) is 0 Å². The fourth-order valence-electron chi connectivity index (χ4n) is 1.92. The zero-order chi connectivity index (χ0) is 14.1. The molecule has 1 saturated carbocycles. The Morgan fingerprint density at radius 1 is 1.37 bits per heavy atom. The molecule has 1 aromatic rings. The average molecular weight is 289 g/mol. The molecule has 104 valence electrons. The summed E-state index contributed by atoms with van der Waals surface area (Å²) in [5.74, 6) is 0.226. The summed E-state index contributed by atoms with van der Waals surface area (Å²) in [6.45, 7) is 0.353. The van der Waals surface area contributed by atoms with Crippen LogP contribution >= 0.6 is 12.2 Å². The molecule has 1 aromatic carbocycles. The van der Waals surface area contributed by atoms with E-state index in [0.29, 0.717) is 18.0 Å². The topological polar surface area (TPSA) is 35.2 Å². The molecule has 0 amide bonds. The summed E-state index contributed by atoms with van der Waals surface area (Å²) >= 11 is 4.86. The predicted molar refractivity (Wildman–Crippen MR) is 70.0 cm³/mol. The van der Waals surface area contributed by atoms with Crippen LogP contribution in [0.2, 0.25) is 0 Å². The van der Waals surface area contributed by atoms with Gasteiger partial charge in [-0.3, -0.25) is 0 Å². The standard InChI is InChI=1S/C13H14F3NOS/c14-13(15,16)9-2-1-3-10(6-9)18-8-12(4-5-12)7-11(17)19/h1-3,6H,4-5,7-8H2,(H2,17,19). The molecule has 0 unspecified atom stereocenters. The maximum Gasteiger partial charge on any atom is 0.416 e. The Bertz CT molecular complexity index is 483. The van der Waals surface area contributed by atoms with Gasteiger partial charge in [-0.1, -0.05) is 18.3 Å². The van der Waals surface area contributed by atoms with Crippen molar-refractivity contribution < 1.29 is 17.9 Å². The number of halogens is 3. The van der Waals surface area contributed by atoms with E-state index in [0.717, 1.165) is 25.0 Å². The van der Waals surface area contributed by atoms with Crippen molar-refractivity contribution in [3.05, 3.63) is 29.8 Å². The van der Waals surface area contributed by atoms with Gasteiger partial charge in [-0.2, -0.15) is 13.2 Å². The number of benzene rings is 1. The molecule has 1 fully saturated rings. The molecule has 0 atom stereocenters. The van der Waals surface area contributed by atoms with Crippen molar-refractivity contribution in [2.75, 3.05) is 6.61 Å². The number of alkyl halides is 3. The highest BCUT2D eigenvalue weighted by molar-refractivity contribution is 7.80. The molecule has 2 nitrogen and oxygen atoms in total. The molecule has 0 radical (unpaired) electrons. The van der Waals surface area contributed by atoms with Crippen molar-refractivity contribution in [1.82, 2.24) is 0 Å². The molecule has 1 aliphatic carbocycles. The Labute approximate surface area is 114 Å². The molecular weight excluding hydrogens is 275 g/mol. The summed E-state index contributed by atoms with van der Waals surface area (Å²) in [6.07, 6.45) is -1.87. The molecule has 0 heterocycles. The predicted octanol–water partition coefficient (Wildman–Crippen LogP) is 3.54. The van der Waals surface area contributed by atoms with Crippen molar-refractivity contribution in [3.8, 4) is 5.75 Å². The SMILES string of the molecule is NC(=S)CC1(COc2cccc(C(F)(F)F)c2)CC1. The van der Waals surface area contributed by atoms with Crippen LogP contribution in [0.3, 0.4) is 0 Å². The first-order valence-electron chi connectivity index (χ1n) is 5.89. The molecule has 19 heavy (non-hydrogen) atoms. The normalized spacial score (nSPS) is 17.0. The fourth-order valence-corrected chi connectivity index (χ4v) is 2.22. The van der Waals surface area contributed by atoms with E-state index >= 15 is 0 Å². The van der Waals surface area contributed by atoms with Gasteiger partial charge in [0.25, 0.3) is 0 Å². The fraction of sp³-hybridized carbons (Fsp3) is 0.462. The summed E-state index contributed by atoms with van der Waals surface area (Å²) in [5.41, 5.74) is 4.72. The second-order valence-corrected chi connectivity index (χ2v) is 5.48. The van der Waals surface area contributed by atoms with Crippen LogP contribution in [0.5, 0.6) is 5.75 Å². The van der Waals surface area contributed by atoms with Crippen LogP contribution in [0.1, 0.15) is 24.8 Å². The summed E-state index contributed by atoms with van der Waals surface area (Å²) in [4.78, 5) is 0.421. The Balaban J connectivity index is 1.99. The lowest BCUT2D eigenvalue weighted by molar-refractivity contribution is -0.137. The van der Waals surface area contributed by atoms with E-state index in [1.807, 2.05) is 0 Å². The van der Waals surface area contributed by atoms with Gasteiger partial charge in [0.1, 0.15) is 5.75 Å². The third-order valence-electron chi connectivity index (χ3n) is 3.21. The molecule has 2 rings (SSSR count). The van der Waals surface area contributed by atoms with Crippen LogP contribution in [-0.2, 0) is 6.18 Å². The lowest BCUT2D eigenvalue weighted by Crippen LogP contribution is -2.21. The van der Waals surface area contributed by atoms with Crippen molar-refractivity contribution in [2.45, 2.75) is 25.4 Å². The zero-order valence-electron chi connectivity index (χ0n) is 10.2. The monoisotopic (exact) mass is 289 g/mol. The van der Waals surface area contributed by atoms with E-state index in [-0.39, 0.29) is 11.2 Å². The van der Waals surface area contributed by atoms with Crippen molar-refractivity contribution in [1.29, 1.82) is 0 Å². The number of ether oxygens (including phenoxy) is 1. The van der Waals surface area contributed by atoms with Crippen molar-refractivity contribution >= 4 is 17.2 Å². The molecular formula is C13H14F3NOS. The lowest BCUT2D eigenvalue weighted by atomic mass is 10.0. The maximum absolute atomic E-state index is 12.5. The summed E-state index contributed by atoms with van der Waals surface area (Å²) in [7, 11) is 0. The third kappa shape index (κ3) is 3.83. The Kier molecular flexibility index (Phi) is 3.71. The van der Waals surface area contributed by atoms with Crippen LogP contribution in [0, 0.1) is 5.41 Å². The Morgan fingerprint density at radius 2 is 2.05 bits per heavy atom. The molecule has 0 saturated heterocycles. The van der Waals surface area contributed by atoms with Crippen LogP contribution in [0.15, 0.2) is 24.3 Å². The number of thiocarbonyl (C=S) groups is 1. The lowest BCUT2D eigenvalue weighted by Gasteiger charge is -2.16. The second-order valence-electron chi connectivity index (χ2n) is 4.96. The smallest absolute Gasteiger partial charge is 0.416 e. The molecule has 1 aliphatic rings. The van der Waals surface area contributed by atoms with Gasteiger partial charge in [0.2, 0.25) is 0 Å². The van der Waals surface area contributed by atoms with Crippen LogP contribution in [-0.4, -0.2) is 11.6 Å². The van der Waals surface area contributed by atoms with Gasteiger partial charge in [-0.05, 0) is 31.0 Å². The van der Waals surface area contributed by atoms with Crippen LogP contribution in [0.25, 0.3) is 0 Å². The van der Waals surface area contributed by atoms with Crippen LogP contribution < -0.4 is 10.5 Å². The molecule has 0 bridgehead atoms. The van der Waals surface area contributed by atoms with Gasteiger partial charge in [0, 0.05) is 11.8 Å². The summed E-state index contributed by atoms with van der Waals surface area (Å²) in [6, 6.07) is 4.89.